The van der Waals surface area contributed by atoms with Gasteiger partial charge in [-0.15, -0.1) is 0 Å². The molecule has 0 unspecified atom stereocenters. The summed E-state index contributed by atoms with van der Waals surface area (Å²) in [5.74, 6) is 0.752. The maximum atomic E-state index is 12.5. The topological polar surface area (TPSA) is 64.6 Å². The molecule has 0 aliphatic rings. The summed E-state index contributed by atoms with van der Waals surface area (Å²) in [7, 11) is -0.741. The quantitative estimate of drug-likeness (QED) is 0.796. The number of nitrogens with one attached hydrogen (secondary N) is 1. The van der Waals surface area contributed by atoms with Crippen molar-refractivity contribution in [2.24, 2.45) is 0 Å². The molecule has 0 saturated heterocycles. The summed E-state index contributed by atoms with van der Waals surface area (Å²) in [5, 5.41) is 0. The molecule has 0 saturated carbocycles. The van der Waals surface area contributed by atoms with Crippen LogP contribution in [0.2, 0.25) is 0 Å². The van der Waals surface area contributed by atoms with Gasteiger partial charge in [0.2, 0.25) is 10.0 Å². The van der Waals surface area contributed by atoms with E-state index in [0.29, 0.717) is 18.7 Å². The predicted molar refractivity (Wildman–Crippen MR) is 94.3 cm³/mol. The summed E-state index contributed by atoms with van der Waals surface area (Å²) in [6.07, 6.45) is 1.61. The van der Waals surface area contributed by atoms with Crippen LogP contribution in [0.1, 0.15) is 18.1 Å². The zero-order chi connectivity index (χ0) is 17.6. The molecule has 130 valence electrons. The lowest BCUT2D eigenvalue weighted by atomic mass is 10.1. The highest BCUT2D eigenvalue weighted by Gasteiger charge is 2.20. The summed E-state index contributed by atoms with van der Waals surface area (Å²) >= 11 is 0. The fraction of sp³-hybridized carbons (Fsp3) is 0.333. The number of rotatable bonds is 8. The molecule has 0 heterocycles. The highest BCUT2D eigenvalue weighted by molar-refractivity contribution is 7.89. The van der Waals surface area contributed by atoms with E-state index in [9.17, 15) is 8.42 Å². The van der Waals surface area contributed by atoms with Gasteiger partial charge in [0.1, 0.15) is 16.4 Å². The summed E-state index contributed by atoms with van der Waals surface area (Å²) < 4.78 is 37.9. The fourth-order valence-corrected chi connectivity index (χ4v) is 3.56. The molecule has 0 bridgehead atoms. The first kappa shape index (κ1) is 18.3. The minimum Gasteiger partial charge on any atom is -0.497 e. The number of ether oxygens (including phenoxy) is 2. The molecule has 0 atom stereocenters. The van der Waals surface area contributed by atoms with Gasteiger partial charge in [-0.25, -0.2) is 13.1 Å². The number of hydrogen-bond donors (Lipinski definition) is 1. The standard InChI is InChI=1S/C18H23NO4S/c1-4-14-5-7-15(8-6-14)11-12-19-24(20,21)18-13-16(22-2)9-10-17(18)23-3/h5-10,13,19H,4,11-12H2,1-3H3. The van der Waals surface area contributed by atoms with Gasteiger partial charge in [-0.1, -0.05) is 31.2 Å². The lowest BCUT2D eigenvalue weighted by Gasteiger charge is -2.12. The highest BCUT2D eigenvalue weighted by Crippen LogP contribution is 2.27. The predicted octanol–water partition coefficient (Wildman–Crippen LogP) is 2.79. The molecule has 5 nitrogen and oxygen atoms in total. The molecule has 0 spiro atoms. The minimum absolute atomic E-state index is 0.0747. The third-order valence-electron chi connectivity index (χ3n) is 3.80. The average molecular weight is 349 g/mol. The van der Waals surface area contributed by atoms with Crippen LogP contribution in [-0.2, 0) is 22.9 Å². The Kier molecular flexibility index (Phi) is 6.23. The zero-order valence-electron chi connectivity index (χ0n) is 14.2. The van der Waals surface area contributed by atoms with Crippen LogP contribution in [-0.4, -0.2) is 29.2 Å². The Morgan fingerprint density at radius 2 is 1.62 bits per heavy atom. The zero-order valence-corrected chi connectivity index (χ0v) is 15.0. The van der Waals surface area contributed by atoms with Gasteiger partial charge in [-0.2, -0.15) is 0 Å². The van der Waals surface area contributed by atoms with E-state index in [4.69, 9.17) is 9.47 Å². The van der Waals surface area contributed by atoms with Crippen LogP contribution in [0.25, 0.3) is 0 Å². The minimum atomic E-state index is -3.67. The Bertz CT molecular complexity index is 770. The third-order valence-corrected chi connectivity index (χ3v) is 5.28. The Morgan fingerprint density at radius 1 is 0.958 bits per heavy atom. The maximum absolute atomic E-state index is 12.5. The van der Waals surface area contributed by atoms with Gasteiger partial charge in [-0.3, -0.25) is 0 Å². The molecule has 0 aromatic heterocycles. The Morgan fingerprint density at radius 3 is 2.21 bits per heavy atom. The van der Waals surface area contributed by atoms with E-state index in [1.165, 1.54) is 25.8 Å². The first-order valence-electron chi connectivity index (χ1n) is 7.79. The van der Waals surface area contributed by atoms with Crippen molar-refractivity contribution in [3.8, 4) is 11.5 Å². The summed E-state index contributed by atoms with van der Waals surface area (Å²) in [4.78, 5) is 0.0747. The Hall–Kier alpha value is -2.05. The normalized spacial score (nSPS) is 11.3. The molecule has 0 aliphatic heterocycles. The van der Waals surface area contributed by atoms with E-state index in [-0.39, 0.29) is 10.6 Å². The van der Waals surface area contributed by atoms with Gasteiger partial charge in [0.05, 0.1) is 14.2 Å². The van der Waals surface area contributed by atoms with Gasteiger partial charge >= 0.3 is 0 Å². The molecule has 0 fully saturated rings. The molecule has 0 radical (unpaired) electrons. The summed E-state index contributed by atoms with van der Waals surface area (Å²) in [6, 6.07) is 12.9. The van der Waals surface area contributed by atoms with Crippen LogP contribution >= 0.6 is 0 Å². The molecule has 2 aromatic rings. The molecular formula is C18H23NO4S. The smallest absolute Gasteiger partial charge is 0.244 e. The molecule has 1 N–H and O–H groups in total. The van der Waals surface area contributed by atoms with Crippen LogP contribution < -0.4 is 14.2 Å². The maximum Gasteiger partial charge on any atom is 0.244 e. The number of sulfonamides is 1. The second-order valence-corrected chi connectivity index (χ2v) is 7.07. The Balaban J connectivity index is 2.07. The van der Waals surface area contributed by atoms with Gasteiger partial charge < -0.3 is 9.47 Å². The van der Waals surface area contributed by atoms with E-state index in [0.717, 1.165) is 12.0 Å². The Labute approximate surface area is 143 Å². The number of hydrogen-bond acceptors (Lipinski definition) is 4. The molecule has 6 heteroatoms. The summed E-state index contributed by atoms with van der Waals surface area (Å²) in [6.45, 7) is 2.42. The number of methoxy groups -OCH3 is 2. The van der Waals surface area contributed by atoms with Crippen LogP contribution in [0.4, 0.5) is 0 Å². The highest BCUT2D eigenvalue weighted by atomic mass is 32.2. The van der Waals surface area contributed by atoms with Crippen LogP contribution in [0.15, 0.2) is 47.4 Å². The van der Waals surface area contributed by atoms with E-state index >= 15 is 0 Å². The SMILES string of the molecule is CCc1ccc(CCNS(=O)(=O)c2cc(OC)ccc2OC)cc1. The van der Waals surface area contributed by atoms with Crippen LogP contribution in [0.5, 0.6) is 11.5 Å². The lowest BCUT2D eigenvalue weighted by Crippen LogP contribution is -2.26. The lowest BCUT2D eigenvalue weighted by molar-refractivity contribution is 0.392. The molecule has 2 rings (SSSR count). The molecule has 0 amide bonds. The van der Waals surface area contributed by atoms with Gasteiger partial charge in [0.15, 0.2) is 0 Å². The van der Waals surface area contributed by atoms with E-state index < -0.39 is 10.0 Å². The van der Waals surface area contributed by atoms with Crippen molar-refractivity contribution in [1.82, 2.24) is 4.72 Å². The number of aryl methyl sites for hydroxylation is 1. The van der Waals surface area contributed by atoms with Crippen molar-refractivity contribution in [3.63, 3.8) is 0 Å². The molecule has 24 heavy (non-hydrogen) atoms. The van der Waals surface area contributed by atoms with Crippen molar-refractivity contribution >= 4 is 10.0 Å². The van der Waals surface area contributed by atoms with Gasteiger partial charge in [0, 0.05) is 12.6 Å². The van der Waals surface area contributed by atoms with Crippen LogP contribution in [0, 0.1) is 0 Å². The van der Waals surface area contributed by atoms with Crippen molar-refractivity contribution in [2.75, 3.05) is 20.8 Å². The average Bonchev–Trinajstić information content (AvgIpc) is 2.61. The van der Waals surface area contributed by atoms with E-state index in [2.05, 4.69) is 23.8 Å². The molecule has 2 aromatic carbocycles. The monoisotopic (exact) mass is 349 g/mol. The fourth-order valence-electron chi connectivity index (χ4n) is 2.34. The molecule has 0 aliphatic carbocycles. The molecular weight excluding hydrogens is 326 g/mol. The van der Waals surface area contributed by atoms with Crippen molar-refractivity contribution in [3.05, 3.63) is 53.6 Å². The first-order chi connectivity index (χ1) is 11.5. The van der Waals surface area contributed by atoms with E-state index in [1.54, 1.807) is 12.1 Å². The summed E-state index contributed by atoms with van der Waals surface area (Å²) in [5.41, 5.74) is 2.35. The van der Waals surface area contributed by atoms with Crippen molar-refractivity contribution in [2.45, 2.75) is 24.7 Å². The van der Waals surface area contributed by atoms with E-state index in [1.807, 2.05) is 12.1 Å². The van der Waals surface area contributed by atoms with Crippen LogP contribution in [0.3, 0.4) is 0 Å². The van der Waals surface area contributed by atoms with Gasteiger partial charge in [0.25, 0.3) is 0 Å². The second-order valence-electron chi connectivity index (χ2n) is 5.33. The first-order valence-corrected chi connectivity index (χ1v) is 9.28. The van der Waals surface area contributed by atoms with Gasteiger partial charge in [-0.05, 0) is 36.1 Å². The third kappa shape index (κ3) is 4.49. The number of benzene rings is 2. The van der Waals surface area contributed by atoms with Crippen molar-refractivity contribution in [1.29, 1.82) is 0 Å². The van der Waals surface area contributed by atoms with Crippen molar-refractivity contribution < 1.29 is 17.9 Å². The largest absolute Gasteiger partial charge is 0.497 e. The second kappa shape index (κ2) is 8.17.